The van der Waals surface area contributed by atoms with Crippen LogP contribution in [0.4, 0.5) is 8.78 Å². The monoisotopic (exact) mass is 358 g/mol. The zero-order chi connectivity index (χ0) is 17.6. The van der Waals surface area contributed by atoms with Gasteiger partial charge in [-0.05, 0) is 59.2 Å². The van der Waals surface area contributed by atoms with Crippen LogP contribution in [0.1, 0.15) is 5.56 Å². The molecule has 0 radical (unpaired) electrons. The first-order chi connectivity index (χ1) is 12.0. The molecule has 2 heterocycles. The molecular weight excluding hydrogens is 346 g/mol. The molecule has 0 saturated carbocycles. The van der Waals surface area contributed by atoms with Gasteiger partial charge in [0.05, 0.1) is 11.3 Å². The predicted octanol–water partition coefficient (Wildman–Crippen LogP) is 2.84. The summed E-state index contributed by atoms with van der Waals surface area (Å²) in [5.41, 5.74) is 1.49. The maximum Gasteiger partial charge on any atom is 0.271 e. The Kier molecular flexibility index (Phi) is 3.89. The van der Waals surface area contributed by atoms with E-state index in [9.17, 15) is 18.1 Å². The number of aromatic nitrogens is 2. The van der Waals surface area contributed by atoms with E-state index in [0.29, 0.717) is 39.6 Å². The summed E-state index contributed by atoms with van der Waals surface area (Å²) in [4.78, 5) is 12.9. The van der Waals surface area contributed by atoms with Gasteiger partial charge in [-0.25, -0.2) is 8.78 Å². The molecule has 1 aromatic heterocycles. The van der Waals surface area contributed by atoms with E-state index < -0.39 is 22.8 Å². The molecular formula is C18H12F2N2O2S. The third kappa shape index (κ3) is 2.85. The molecule has 1 aliphatic heterocycles. The molecule has 25 heavy (non-hydrogen) atoms. The van der Waals surface area contributed by atoms with Crippen LogP contribution >= 0.6 is 0 Å². The van der Waals surface area contributed by atoms with Crippen molar-refractivity contribution in [2.45, 2.75) is 11.3 Å². The highest BCUT2D eigenvalue weighted by Gasteiger charge is 2.26. The van der Waals surface area contributed by atoms with Gasteiger partial charge >= 0.3 is 0 Å². The van der Waals surface area contributed by atoms with Crippen molar-refractivity contribution in [3.63, 3.8) is 0 Å². The third-order valence-corrected chi connectivity index (χ3v) is 5.50. The third-order valence-electron chi connectivity index (χ3n) is 4.08. The molecule has 0 spiro atoms. The molecule has 0 fully saturated rings. The summed E-state index contributed by atoms with van der Waals surface area (Å²) in [6.45, 7) is 0. The van der Waals surface area contributed by atoms with Crippen LogP contribution in [0.2, 0.25) is 0 Å². The van der Waals surface area contributed by atoms with Gasteiger partial charge < -0.3 is 4.55 Å². The molecule has 2 aromatic carbocycles. The van der Waals surface area contributed by atoms with Crippen LogP contribution in [-0.4, -0.2) is 20.1 Å². The molecule has 7 heteroatoms. The lowest BCUT2D eigenvalue weighted by Crippen LogP contribution is -2.22. The Labute approximate surface area is 144 Å². The second-order valence-corrected chi connectivity index (χ2v) is 7.22. The topological polar surface area (TPSA) is 58.0 Å². The molecule has 0 aliphatic carbocycles. The van der Waals surface area contributed by atoms with E-state index in [1.165, 1.54) is 48.5 Å². The van der Waals surface area contributed by atoms with Gasteiger partial charge in [0.2, 0.25) is 0 Å². The molecule has 1 atom stereocenters. The van der Waals surface area contributed by atoms with E-state index in [4.69, 9.17) is 0 Å². The molecule has 4 rings (SSSR count). The normalized spacial score (nSPS) is 16.0. The summed E-state index contributed by atoms with van der Waals surface area (Å²) in [5, 5.41) is 4.37. The fourth-order valence-electron chi connectivity index (χ4n) is 2.88. The lowest BCUT2D eigenvalue weighted by atomic mass is 10.0. The van der Waals surface area contributed by atoms with E-state index in [-0.39, 0.29) is 5.56 Å². The Bertz CT molecular complexity index is 1020. The lowest BCUT2D eigenvalue weighted by molar-refractivity contribution is 0.594. The van der Waals surface area contributed by atoms with Crippen molar-refractivity contribution in [2.75, 3.05) is 5.75 Å². The van der Waals surface area contributed by atoms with Gasteiger partial charge in [0, 0.05) is 12.5 Å². The van der Waals surface area contributed by atoms with Gasteiger partial charge in [-0.15, -0.1) is 0 Å². The Morgan fingerprint density at radius 3 is 2.52 bits per heavy atom. The highest BCUT2D eigenvalue weighted by atomic mass is 32.2. The molecule has 0 amide bonds. The van der Waals surface area contributed by atoms with E-state index in [1.807, 2.05) is 0 Å². The van der Waals surface area contributed by atoms with Crippen LogP contribution in [0.5, 0.6) is 0 Å². The molecule has 3 aromatic rings. The summed E-state index contributed by atoms with van der Waals surface area (Å²) in [5.74, 6) is -0.549. The van der Waals surface area contributed by atoms with Crippen molar-refractivity contribution in [1.82, 2.24) is 9.78 Å². The minimum Gasteiger partial charge on any atom is -0.611 e. The number of aryl methyl sites for hydroxylation is 1. The number of hydrogen-bond donors (Lipinski definition) is 0. The van der Waals surface area contributed by atoms with Crippen LogP contribution in [-0.2, 0) is 17.6 Å². The number of halogens is 2. The van der Waals surface area contributed by atoms with Crippen LogP contribution in [0, 0.1) is 11.6 Å². The minimum atomic E-state index is -1.30. The van der Waals surface area contributed by atoms with Crippen molar-refractivity contribution in [1.29, 1.82) is 0 Å². The summed E-state index contributed by atoms with van der Waals surface area (Å²) in [6, 6.07) is 10.8. The number of rotatable bonds is 1. The average Bonchev–Trinajstić information content (AvgIpc) is 2.72. The Balaban J connectivity index is 1.97. The quantitative estimate of drug-likeness (QED) is 0.629. The second kappa shape index (κ2) is 6.09. The zero-order valence-electron chi connectivity index (χ0n) is 12.9. The summed E-state index contributed by atoms with van der Waals surface area (Å²) in [7, 11) is 0. The first-order valence-corrected chi connectivity index (χ1v) is 8.92. The molecule has 4 nitrogen and oxygen atoms in total. The van der Waals surface area contributed by atoms with Gasteiger partial charge in [0.1, 0.15) is 23.1 Å². The van der Waals surface area contributed by atoms with Gasteiger partial charge in [-0.1, -0.05) is 0 Å². The number of benzene rings is 2. The number of fused-ring (bicyclic) bond motifs is 3. The maximum atomic E-state index is 13.8. The highest BCUT2D eigenvalue weighted by molar-refractivity contribution is 7.91. The van der Waals surface area contributed by atoms with E-state index in [1.54, 1.807) is 0 Å². The SMILES string of the molecule is O=c1cc2c(nn1-c1ccc(F)cc1)-c1cc(F)ccc1[S+]([O-])CC2. The van der Waals surface area contributed by atoms with E-state index in [2.05, 4.69) is 5.10 Å². The van der Waals surface area contributed by atoms with Gasteiger partial charge in [0.15, 0.2) is 4.90 Å². The van der Waals surface area contributed by atoms with Crippen molar-refractivity contribution < 1.29 is 13.3 Å². The Hall–Kier alpha value is -2.51. The molecule has 126 valence electrons. The fourth-order valence-corrected chi connectivity index (χ4v) is 4.12. The molecule has 1 unspecified atom stereocenters. The Morgan fingerprint density at radius 2 is 1.76 bits per heavy atom. The lowest BCUT2D eigenvalue weighted by Gasteiger charge is -2.11. The Morgan fingerprint density at radius 1 is 1.04 bits per heavy atom. The van der Waals surface area contributed by atoms with E-state index >= 15 is 0 Å². The first kappa shape index (κ1) is 16.0. The fraction of sp³-hybridized carbons (Fsp3) is 0.111. The summed E-state index contributed by atoms with van der Waals surface area (Å²) < 4.78 is 40.4. The smallest absolute Gasteiger partial charge is 0.271 e. The van der Waals surface area contributed by atoms with E-state index in [0.717, 1.165) is 4.68 Å². The van der Waals surface area contributed by atoms with Crippen molar-refractivity contribution >= 4 is 11.2 Å². The first-order valence-electron chi connectivity index (χ1n) is 7.60. The second-order valence-electron chi connectivity index (χ2n) is 5.68. The van der Waals surface area contributed by atoms with Crippen LogP contribution in [0.25, 0.3) is 16.9 Å². The molecule has 0 saturated heterocycles. The average molecular weight is 358 g/mol. The predicted molar refractivity (Wildman–Crippen MR) is 90.2 cm³/mol. The van der Waals surface area contributed by atoms with Gasteiger partial charge in [-0.3, -0.25) is 4.79 Å². The highest BCUT2D eigenvalue weighted by Crippen LogP contribution is 2.33. The summed E-state index contributed by atoms with van der Waals surface area (Å²) >= 11 is -1.30. The van der Waals surface area contributed by atoms with Crippen molar-refractivity contribution in [2.24, 2.45) is 0 Å². The minimum absolute atomic E-state index is 0.341. The largest absolute Gasteiger partial charge is 0.611 e. The van der Waals surface area contributed by atoms with Crippen LogP contribution in [0.3, 0.4) is 0 Å². The van der Waals surface area contributed by atoms with Crippen LogP contribution < -0.4 is 5.56 Å². The molecule has 1 aliphatic rings. The molecule has 0 bridgehead atoms. The van der Waals surface area contributed by atoms with Gasteiger partial charge in [-0.2, -0.15) is 9.78 Å². The van der Waals surface area contributed by atoms with Crippen LogP contribution in [0.15, 0.2) is 58.2 Å². The summed E-state index contributed by atoms with van der Waals surface area (Å²) in [6.07, 6.45) is 0.407. The zero-order valence-corrected chi connectivity index (χ0v) is 13.7. The van der Waals surface area contributed by atoms with Gasteiger partial charge in [0.25, 0.3) is 5.56 Å². The number of nitrogens with zero attached hydrogens (tertiary/aromatic N) is 2. The van der Waals surface area contributed by atoms with Crippen molar-refractivity contribution in [3.8, 4) is 16.9 Å². The molecule has 0 N–H and O–H groups in total. The standard InChI is InChI=1S/C18H12F2N2O2S/c19-12-1-4-14(5-2-12)22-17(23)9-11-7-8-25(24)16-6-3-13(20)10-15(16)18(11)21-22/h1-6,9-10H,7-8H2. The maximum absolute atomic E-state index is 13.8. The van der Waals surface area contributed by atoms with Crippen molar-refractivity contribution in [3.05, 3.63) is 76.1 Å². The number of hydrogen-bond acceptors (Lipinski definition) is 3.